The van der Waals surface area contributed by atoms with Crippen molar-refractivity contribution in [1.82, 2.24) is 9.55 Å². The molecule has 1 atom stereocenters. The van der Waals surface area contributed by atoms with Crippen LogP contribution in [0.1, 0.15) is 41.4 Å². The van der Waals surface area contributed by atoms with Crippen LogP contribution in [0.2, 0.25) is 10.0 Å². The summed E-state index contributed by atoms with van der Waals surface area (Å²) in [6.45, 7) is 3.55. The lowest BCUT2D eigenvalue weighted by Gasteiger charge is -2.24. The molecule has 2 heterocycles. The molecule has 170 valence electrons. The molecule has 0 unspecified atom stereocenters. The predicted molar refractivity (Wildman–Crippen MR) is 124 cm³/mol. The van der Waals surface area contributed by atoms with Gasteiger partial charge in [-0.05, 0) is 36.5 Å². The van der Waals surface area contributed by atoms with Crippen molar-refractivity contribution in [2.45, 2.75) is 32.7 Å². The fourth-order valence-corrected chi connectivity index (χ4v) is 4.10. The molecule has 0 saturated heterocycles. The molecule has 0 radical (unpaired) electrons. The molecule has 0 amide bonds. The highest BCUT2D eigenvalue weighted by Gasteiger charge is 2.23. The molecule has 32 heavy (non-hydrogen) atoms. The van der Waals surface area contributed by atoms with Gasteiger partial charge in [0, 0.05) is 11.8 Å². The number of aromatic nitrogens is 2. The summed E-state index contributed by atoms with van der Waals surface area (Å²) in [5, 5.41) is 20.6. The van der Waals surface area contributed by atoms with Crippen molar-refractivity contribution < 1.29 is 19.7 Å². The van der Waals surface area contributed by atoms with Gasteiger partial charge in [-0.25, -0.2) is 4.79 Å². The van der Waals surface area contributed by atoms with Crippen molar-refractivity contribution in [2.75, 3.05) is 13.7 Å². The molecule has 3 aromatic rings. The maximum atomic E-state index is 13.0. The largest absolute Gasteiger partial charge is 0.481 e. The van der Waals surface area contributed by atoms with Crippen LogP contribution in [0.15, 0.2) is 35.3 Å². The Morgan fingerprint density at radius 1 is 1.22 bits per heavy atom. The zero-order valence-electron chi connectivity index (χ0n) is 17.9. The summed E-state index contributed by atoms with van der Waals surface area (Å²) >= 11 is 12.4. The molecule has 0 spiro atoms. The summed E-state index contributed by atoms with van der Waals surface area (Å²) in [7, 11) is 1.48. The van der Waals surface area contributed by atoms with Crippen LogP contribution < -0.4 is 10.2 Å². The number of carbonyl (C=O) groups is 1. The Morgan fingerprint density at radius 2 is 1.91 bits per heavy atom. The zero-order chi connectivity index (χ0) is 23.6. The third-order valence-corrected chi connectivity index (χ3v) is 6.33. The van der Waals surface area contributed by atoms with E-state index < -0.39 is 17.4 Å². The van der Waals surface area contributed by atoms with Gasteiger partial charge < -0.3 is 19.5 Å². The topological polar surface area (TPSA) is 102 Å². The van der Waals surface area contributed by atoms with Crippen LogP contribution in [0.4, 0.5) is 0 Å². The standard InChI is InChI=1S/C23H24Cl2N2O5/c1-12(2)18(11-28)27-10-16(23(30)31)20(29)15-9-14(22(32-3)26-21(15)27)8-7-13-5-4-6-17(24)19(13)25/h4-6,9-10,12,18,28H,7-8,11H2,1-3H3,(H,30,31)/t18-/m1/s1. The molecule has 0 fully saturated rings. The minimum absolute atomic E-state index is 0.0372. The van der Waals surface area contributed by atoms with E-state index in [-0.39, 0.29) is 29.1 Å². The number of hydrogen-bond donors (Lipinski definition) is 2. The fraction of sp³-hybridized carbons (Fsp3) is 0.348. The Balaban J connectivity index is 2.19. The molecule has 1 aromatic carbocycles. The quantitative estimate of drug-likeness (QED) is 0.497. The molecule has 3 rings (SSSR count). The smallest absolute Gasteiger partial charge is 0.341 e. The zero-order valence-corrected chi connectivity index (χ0v) is 19.4. The van der Waals surface area contributed by atoms with Crippen LogP contribution in [0, 0.1) is 5.92 Å². The average molecular weight is 479 g/mol. The number of rotatable bonds is 8. The number of aryl methyl sites for hydroxylation is 2. The van der Waals surface area contributed by atoms with E-state index in [0.29, 0.717) is 34.3 Å². The van der Waals surface area contributed by atoms with Gasteiger partial charge in [0.15, 0.2) is 0 Å². The van der Waals surface area contributed by atoms with E-state index in [9.17, 15) is 19.8 Å². The number of aliphatic hydroxyl groups is 1. The summed E-state index contributed by atoms with van der Waals surface area (Å²) < 4.78 is 7.02. The number of aromatic carboxylic acids is 1. The maximum absolute atomic E-state index is 13.0. The van der Waals surface area contributed by atoms with Crippen LogP contribution >= 0.6 is 23.2 Å². The predicted octanol–water partition coefficient (Wildman–Crippen LogP) is 4.38. The summed E-state index contributed by atoms with van der Waals surface area (Å²) in [4.78, 5) is 29.2. The minimum Gasteiger partial charge on any atom is -0.481 e. The number of hydrogen-bond acceptors (Lipinski definition) is 5. The van der Waals surface area contributed by atoms with Crippen molar-refractivity contribution in [1.29, 1.82) is 0 Å². The highest BCUT2D eigenvalue weighted by Crippen LogP contribution is 2.29. The lowest BCUT2D eigenvalue weighted by atomic mass is 10.0. The van der Waals surface area contributed by atoms with Crippen LogP contribution in [0.3, 0.4) is 0 Å². The van der Waals surface area contributed by atoms with Crippen molar-refractivity contribution in [3.05, 3.63) is 67.4 Å². The normalized spacial score (nSPS) is 12.3. The van der Waals surface area contributed by atoms with Gasteiger partial charge in [0.25, 0.3) is 0 Å². The Morgan fingerprint density at radius 3 is 2.50 bits per heavy atom. The van der Waals surface area contributed by atoms with Gasteiger partial charge >= 0.3 is 5.97 Å². The Labute approximate surface area is 195 Å². The maximum Gasteiger partial charge on any atom is 0.341 e. The van der Waals surface area contributed by atoms with Crippen molar-refractivity contribution >= 4 is 40.2 Å². The minimum atomic E-state index is -1.34. The van der Waals surface area contributed by atoms with Crippen LogP contribution in [-0.4, -0.2) is 39.5 Å². The lowest BCUT2D eigenvalue weighted by Crippen LogP contribution is -2.26. The number of benzene rings is 1. The third-order valence-electron chi connectivity index (χ3n) is 5.48. The first-order valence-corrected chi connectivity index (χ1v) is 10.8. The molecule has 2 aromatic heterocycles. The van der Waals surface area contributed by atoms with Crippen molar-refractivity contribution in [3.8, 4) is 5.88 Å². The molecule has 0 aliphatic carbocycles. The molecule has 7 nitrogen and oxygen atoms in total. The van der Waals surface area contributed by atoms with E-state index in [1.54, 1.807) is 22.8 Å². The second-order valence-electron chi connectivity index (χ2n) is 7.82. The van der Waals surface area contributed by atoms with Crippen molar-refractivity contribution in [2.24, 2.45) is 5.92 Å². The second-order valence-corrected chi connectivity index (χ2v) is 8.60. The number of fused-ring (bicyclic) bond motifs is 1. The number of ether oxygens (including phenoxy) is 1. The molecule has 0 aliphatic heterocycles. The van der Waals surface area contributed by atoms with E-state index in [1.165, 1.54) is 13.3 Å². The number of pyridine rings is 2. The Hall–Kier alpha value is -2.61. The summed E-state index contributed by atoms with van der Waals surface area (Å²) in [6, 6.07) is 6.51. The second kappa shape index (κ2) is 9.90. The number of methoxy groups -OCH3 is 1. The van der Waals surface area contributed by atoms with Gasteiger partial charge in [-0.2, -0.15) is 4.98 Å². The highest BCUT2D eigenvalue weighted by atomic mass is 35.5. The van der Waals surface area contributed by atoms with E-state index in [0.717, 1.165) is 5.56 Å². The highest BCUT2D eigenvalue weighted by molar-refractivity contribution is 6.42. The first-order chi connectivity index (χ1) is 15.2. The molecule has 0 bridgehead atoms. The molecular formula is C23H24Cl2N2O5. The monoisotopic (exact) mass is 478 g/mol. The number of nitrogens with zero attached hydrogens (tertiary/aromatic N) is 2. The van der Waals surface area contributed by atoms with E-state index in [2.05, 4.69) is 4.98 Å². The van der Waals surface area contributed by atoms with Crippen molar-refractivity contribution in [3.63, 3.8) is 0 Å². The van der Waals surface area contributed by atoms with Crippen LogP contribution in [0.5, 0.6) is 5.88 Å². The van der Waals surface area contributed by atoms with Gasteiger partial charge in [-0.15, -0.1) is 0 Å². The Bertz CT molecular complexity index is 1220. The summed E-state index contributed by atoms with van der Waals surface area (Å²) in [6.07, 6.45) is 2.20. The average Bonchev–Trinajstić information content (AvgIpc) is 2.75. The fourth-order valence-electron chi connectivity index (χ4n) is 3.69. The number of carboxylic acids is 1. The van der Waals surface area contributed by atoms with Gasteiger partial charge in [0.2, 0.25) is 11.3 Å². The van der Waals surface area contributed by atoms with Crippen LogP contribution in [0.25, 0.3) is 11.0 Å². The number of aliphatic hydroxyl groups excluding tert-OH is 1. The first kappa shape index (κ1) is 24.0. The van der Waals surface area contributed by atoms with E-state index in [1.807, 2.05) is 19.9 Å². The van der Waals surface area contributed by atoms with Gasteiger partial charge in [-0.3, -0.25) is 4.79 Å². The first-order valence-electron chi connectivity index (χ1n) is 10.1. The molecule has 2 N–H and O–H groups in total. The van der Waals surface area contributed by atoms with Gasteiger partial charge in [0.05, 0.1) is 35.2 Å². The Kier molecular flexibility index (Phi) is 7.44. The molecule has 9 heteroatoms. The van der Waals surface area contributed by atoms with Gasteiger partial charge in [-0.1, -0.05) is 49.2 Å². The van der Waals surface area contributed by atoms with Crippen LogP contribution in [-0.2, 0) is 12.8 Å². The number of carboxylic acid groups (broad SMARTS) is 1. The van der Waals surface area contributed by atoms with Gasteiger partial charge in [0.1, 0.15) is 11.2 Å². The van der Waals surface area contributed by atoms with E-state index in [4.69, 9.17) is 27.9 Å². The SMILES string of the molecule is COc1nc2c(cc1CCc1cccc(Cl)c1Cl)c(=O)c(C(=O)O)cn2[C@H](CO)C(C)C. The third kappa shape index (κ3) is 4.60. The summed E-state index contributed by atoms with van der Waals surface area (Å²) in [5.41, 5.74) is 0.702. The summed E-state index contributed by atoms with van der Waals surface area (Å²) in [5.74, 6) is -1.06. The molecular weight excluding hydrogens is 455 g/mol. The molecule has 0 saturated carbocycles. The number of halogens is 2. The lowest BCUT2D eigenvalue weighted by molar-refractivity contribution is 0.0694. The molecule has 0 aliphatic rings. The van der Waals surface area contributed by atoms with E-state index >= 15 is 0 Å².